The third-order valence-corrected chi connectivity index (χ3v) is 4.20. The monoisotopic (exact) mass is 439 g/mol. The van der Waals surface area contributed by atoms with Gasteiger partial charge in [0.25, 0.3) is 5.91 Å². The molecule has 1 aromatic carbocycles. The molecule has 2 N–H and O–H groups in total. The Kier molecular flexibility index (Phi) is 6.04. The van der Waals surface area contributed by atoms with E-state index in [0.717, 1.165) is 18.2 Å². The molecule has 2 heterocycles. The van der Waals surface area contributed by atoms with Gasteiger partial charge in [-0.3, -0.25) is 14.6 Å². The van der Waals surface area contributed by atoms with E-state index in [1.54, 1.807) is 0 Å². The number of carbonyl (C=O) groups excluding carboxylic acids is 1. The summed E-state index contributed by atoms with van der Waals surface area (Å²) >= 11 is 0. The van der Waals surface area contributed by atoms with Crippen LogP contribution in [-0.4, -0.2) is 22.2 Å². The van der Waals surface area contributed by atoms with E-state index in [1.165, 1.54) is 25.4 Å². The lowest BCUT2D eigenvalue weighted by Gasteiger charge is -2.20. The number of carbonyl (C=O) groups is 1. The first-order chi connectivity index (χ1) is 14.5. The molecule has 0 saturated carbocycles. The van der Waals surface area contributed by atoms with Crippen LogP contribution < -0.4 is 15.5 Å². The zero-order valence-corrected chi connectivity index (χ0v) is 15.8. The number of pyridine rings is 2. The van der Waals surface area contributed by atoms with Gasteiger partial charge in [-0.25, -0.2) is 8.78 Å². The molecule has 0 fully saturated rings. The number of hydrogen-bond donors (Lipinski definition) is 2. The molecular weight excluding hydrogens is 425 g/mol. The number of nitrogens with zero attached hydrogens (tertiary/aromatic N) is 1. The molecule has 6 nitrogen and oxygen atoms in total. The third-order valence-electron chi connectivity index (χ3n) is 4.20. The van der Waals surface area contributed by atoms with Crippen LogP contribution in [0.15, 0.2) is 53.6 Å². The van der Waals surface area contributed by atoms with E-state index in [0.29, 0.717) is 17.7 Å². The molecule has 1 amide bonds. The smallest absolute Gasteiger partial charge is 0.403 e. The van der Waals surface area contributed by atoms with Gasteiger partial charge in [0.2, 0.25) is 0 Å². The lowest BCUT2D eigenvalue weighted by Crippen LogP contribution is -2.32. The molecule has 0 radical (unpaired) electrons. The van der Waals surface area contributed by atoms with E-state index in [-0.39, 0.29) is 17.0 Å². The maximum Gasteiger partial charge on any atom is 0.573 e. The van der Waals surface area contributed by atoms with Crippen LogP contribution in [-0.2, 0) is 0 Å². The van der Waals surface area contributed by atoms with Crippen LogP contribution in [0.3, 0.4) is 0 Å². The van der Waals surface area contributed by atoms with Crippen molar-refractivity contribution >= 4 is 5.91 Å². The number of aromatic nitrogens is 2. The van der Waals surface area contributed by atoms with Crippen LogP contribution in [0.25, 0.3) is 0 Å². The molecule has 0 aliphatic heterocycles. The predicted molar refractivity (Wildman–Crippen MR) is 98.4 cm³/mol. The van der Waals surface area contributed by atoms with E-state index in [2.05, 4.69) is 20.0 Å². The van der Waals surface area contributed by atoms with Crippen molar-refractivity contribution in [2.24, 2.45) is 0 Å². The quantitative estimate of drug-likeness (QED) is 0.593. The number of amides is 1. The van der Waals surface area contributed by atoms with Crippen LogP contribution in [0.2, 0.25) is 0 Å². The Morgan fingerprint density at radius 1 is 1.16 bits per heavy atom. The summed E-state index contributed by atoms with van der Waals surface area (Å²) in [7, 11) is 0. The lowest BCUT2D eigenvalue weighted by atomic mass is 10.0. The molecule has 0 unspecified atom stereocenters. The molecule has 0 aliphatic carbocycles. The second kappa shape index (κ2) is 8.54. The molecule has 2 aromatic heterocycles. The summed E-state index contributed by atoms with van der Waals surface area (Å²) in [5, 5.41) is 2.41. The Labute approximate surface area is 171 Å². The number of hydrogen-bond acceptors (Lipinski definition) is 4. The van der Waals surface area contributed by atoms with Crippen LogP contribution >= 0.6 is 0 Å². The molecule has 3 rings (SSSR count). The summed E-state index contributed by atoms with van der Waals surface area (Å²) in [6.45, 7) is 1.53. The fourth-order valence-electron chi connectivity index (χ4n) is 2.71. The average molecular weight is 439 g/mol. The van der Waals surface area contributed by atoms with Gasteiger partial charge in [0.1, 0.15) is 17.2 Å². The standard InChI is InChI=1S/C20H14F5N3O3/c1-10-9-27-14(8-15(10)29)19(30)28-17(18-12(21)3-2-6-26-18)11-4-5-16(13(22)7-11)31-20(23,24)25/h2-9,17H,1H3,(H,27,29)(H,28,30)/t17-/m0/s1. The summed E-state index contributed by atoms with van der Waals surface area (Å²) < 4.78 is 69.3. The molecular formula is C20H14F5N3O3. The minimum absolute atomic E-state index is 0.104. The molecule has 3 aromatic rings. The Balaban J connectivity index is 2.00. The summed E-state index contributed by atoms with van der Waals surface area (Å²) in [6.07, 6.45) is -2.58. The van der Waals surface area contributed by atoms with Crippen molar-refractivity contribution in [1.29, 1.82) is 0 Å². The topological polar surface area (TPSA) is 84.1 Å². The van der Waals surface area contributed by atoms with E-state index < -0.39 is 41.1 Å². The van der Waals surface area contributed by atoms with Crippen molar-refractivity contribution in [3.63, 3.8) is 0 Å². The van der Waals surface area contributed by atoms with Crippen LogP contribution in [0.5, 0.6) is 5.75 Å². The van der Waals surface area contributed by atoms with Gasteiger partial charge in [0, 0.05) is 24.0 Å². The van der Waals surface area contributed by atoms with E-state index in [1.807, 2.05) is 0 Å². The van der Waals surface area contributed by atoms with Crippen LogP contribution in [0, 0.1) is 18.6 Å². The first-order valence-corrected chi connectivity index (χ1v) is 8.71. The summed E-state index contributed by atoms with van der Waals surface area (Å²) in [4.78, 5) is 30.9. The zero-order chi connectivity index (χ0) is 22.8. The minimum Gasteiger partial charge on any atom is -0.403 e. The van der Waals surface area contributed by atoms with Crippen molar-refractivity contribution in [2.75, 3.05) is 0 Å². The highest BCUT2D eigenvalue weighted by Crippen LogP contribution is 2.30. The minimum atomic E-state index is -5.11. The number of alkyl halides is 3. The second-order valence-corrected chi connectivity index (χ2v) is 6.41. The molecule has 0 spiro atoms. The number of ether oxygens (including phenoxy) is 1. The Morgan fingerprint density at radius 3 is 2.52 bits per heavy atom. The highest BCUT2D eigenvalue weighted by Gasteiger charge is 2.33. The second-order valence-electron chi connectivity index (χ2n) is 6.41. The van der Waals surface area contributed by atoms with Crippen molar-refractivity contribution in [3.05, 3.63) is 93.2 Å². The average Bonchev–Trinajstić information content (AvgIpc) is 2.69. The van der Waals surface area contributed by atoms with E-state index in [9.17, 15) is 31.5 Å². The first-order valence-electron chi connectivity index (χ1n) is 8.71. The van der Waals surface area contributed by atoms with Crippen molar-refractivity contribution in [3.8, 4) is 5.75 Å². The van der Waals surface area contributed by atoms with Gasteiger partial charge >= 0.3 is 6.36 Å². The zero-order valence-electron chi connectivity index (χ0n) is 15.8. The van der Waals surface area contributed by atoms with Gasteiger partial charge in [-0.05, 0) is 36.8 Å². The molecule has 1 atom stereocenters. The van der Waals surface area contributed by atoms with Gasteiger partial charge in [-0.2, -0.15) is 0 Å². The number of aryl methyl sites for hydroxylation is 1. The summed E-state index contributed by atoms with van der Waals surface area (Å²) in [5.41, 5.74) is -0.647. The maximum absolute atomic E-state index is 14.4. The fraction of sp³-hybridized carbons (Fsp3) is 0.150. The summed E-state index contributed by atoms with van der Waals surface area (Å²) in [6, 6.07) is 4.37. The van der Waals surface area contributed by atoms with Crippen molar-refractivity contribution in [2.45, 2.75) is 19.3 Å². The molecule has 162 valence electrons. The van der Waals surface area contributed by atoms with E-state index in [4.69, 9.17) is 0 Å². The largest absolute Gasteiger partial charge is 0.573 e. The van der Waals surface area contributed by atoms with Gasteiger partial charge in [0.15, 0.2) is 17.0 Å². The fourth-order valence-corrected chi connectivity index (χ4v) is 2.71. The molecule has 0 saturated heterocycles. The molecule has 11 heteroatoms. The number of benzene rings is 1. The SMILES string of the molecule is Cc1c[nH]c(C(=O)N[C@@H](c2ccc(OC(F)(F)F)c(F)c2)c2ncccc2F)cc1=O. The Morgan fingerprint density at radius 2 is 1.90 bits per heavy atom. The Hall–Kier alpha value is -3.76. The van der Waals surface area contributed by atoms with Crippen LogP contribution in [0.4, 0.5) is 22.0 Å². The van der Waals surface area contributed by atoms with Gasteiger partial charge in [-0.15, -0.1) is 13.2 Å². The molecule has 0 bridgehead atoms. The number of H-pyrrole nitrogens is 1. The summed E-state index contributed by atoms with van der Waals surface area (Å²) in [5.74, 6) is -4.16. The third kappa shape index (κ3) is 5.24. The van der Waals surface area contributed by atoms with Gasteiger partial charge < -0.3 is 15.0 Å². The van der Waals surface area contributed by atoms with Crippen molar-refractivity contribution < 1.29 is 31.5 Å². The maximum atomic E-state index is 14.4. The first kappa shape index (κ1) is 21.9. The number of nitrogens with one attached hydrogen (secondary N) is 2. The van der Waals surface area contributed by atoms with Gasteiger partial charge in [-0.1, -0.05) is 6.07 Å². The normalized spacial score (nSPS) is 12.3. The van der Waals surface area contributed by atoms with Crippen molar-refractivity contribution in [1.82, 2.24) is 15.3 Å². The molecule has 31 heavy (non-hydrogen) atoms. The number of halogens is 5. The molecule has 0 aliphatic rings. The highest BCUT2D eigenvalue weighted by molar-refractivity contribution is 5.92. The highest BCUT2D eigenvalue weighted by atomic mass is 19.4. The lowest BCUT2D eigenvalue weighted by molar-refractivity contribution is -0.275. The number of rotatable bonds is 5. The van der Waals surface area contributed by atoms with E-state index >= 15 is 0 Å². The van der Waals surface area contributed by atoms with Gasteiger partial charge in [0.05, 0.1) is 6.04 Å². The van der Waals surface area contributed by atoms with Crippen LogP contribution in [0.1, 0.15) is 33.4 Å². The predicted octanol–water partition coefficient (Wildman–Crippen LogP) is 3.77. The Bertz CT molecular complexity index is 1180. The number of aromatic amines is 1.